The van der Waals surface area contributed by atoms with Crippen LogP contribution in [0.1, 0.15) is 55.6 Å². The van der Waals surface area contributed by atoms with E-state index in [1.54, 1.807) is 0 Å². The Morgan fingerprint density at radius 1 is 1.03 bits per heavy atom. The SMILES string of the molecule is NCC1CCC(c2ccc(CC3CCNCC3)c(S(N)(=O)=O)c2-c2nn[nH]n2)CC1. The lowest BCUT2D eigenvalue weighted by Gasteiger charge is -2.30. The molecular formula is C20H31N7O2S. The molecule has 2 aromatic rings. The molecule has 6 N–H and O–H groups in total. The molecule has 9 nitrogen and oxygen atoms in total. The van der Waals surface area contributed by atoms with Gasteiger partial charge < -0.3 is 11.1 Å². The number of tetrazole rings is 1. The first-order valence-corrected chi connectivity index (χ1v) is 12.3. The van der Waals surface area contributed by atoms with Gasteiger partial charge in [0.25, 0.3) is 0 Å². The third kappa shape index (κ3) is 4.56. The smallest absolute Gasteiger partial charge is 0.239 e. The fourth-order valence-corrected chi connectivity index (χ4v) is 6.08. The first kappa shape index (κ1) is 21.4. The summed E-state index contributed by atoms with van der Waals surface area (Å²) in [7, 11) is -3.97. The minimum atomic E-state index is -3.97. The predicted octanol–water partition coefficient (Wildman–Crippen LogP) is 1.29. The molecule has 164 valence electrons. The van der Waals surface area contributed by atoms with Crippen molar-refractivity contribution in [2.75, 3.05) is 19.6 Å². The molecular weight excluding hydrogens is 402 g/mol. The number of piperidine rings is 1. The lowest BCUT2D eigenvalue weighted by atomic mass is 9.77. The molecule has 0 amide bonds. The molecule has 2 fully saturated rings. The molecule has 0 atom stereocenters. The van der Waals surface area contributed by atoms with Crippen LogP contribution in [0.5, 0.6) is 0 Å². The number of rotatable bonds is 6. The summed E-state index contributed by atoms with van der Waals surface area (Å²) >= 11 is 0. The molecule has 0 unspecified atom stereocenters. The van der Waals surface area contributed by atoms with Crippen LogP contribution in [0.15, 0.2) is 17.0 Å². The summed E-state index contributed by atoms with van der Waals surface area (Å²) in [4.78, 5) is 0.167. The molecule has 2 heterocycles. The molecule has 0 spiro atoms. The van der Waals surface area contributed by atoms with Crippen LogP contribution in [0.25, 0.3) is 11.4 Å². The number of nitrogens with two attached hydrogens (primary N) is 2. The number of hydrogen-bond acceptors (Lipinski definition) is 7. The number of hydrogen-bond donors (Lipinski definition) is 4. The van der Waals surface area contributed by atoms with Crippen LogP contribution in [0.3, 0.4) is 0 Å². The van der Waals surface area contributed by atoms with Gasteiger partial charge in [0.1, 0.15) is 0 Å². The molecule has 30 heavy (non-hydrogen) atoms. The maximum Gasteiger partial charge on any atom is 0.239 e. The number of aromatic amines is 1. The van der Waals surface area contributed by atoms with Crippen molar-refractivity contribution in [2.24, 2.45) is 22.7 Å². The second-order valence-corrected chi connectivity index (χ2v) is 10.1. The fourth-order valence-electron chi connectivity index (χ4n) is 5.07. The summed E-state index contributed by atoms with van der Waals surface area (Å²) in [5, 5.41) is 23.5. The molecule has 1 saturated heterocycles. The van der Waals surface area contributed by atoms with Gasteiger partial charge in [-0.2, -0.15) is 5.21 Å². The van der Waals surface area contributed by atoms with Crippen LogP contribution < -0.4 is 16.2 Å². The Balaban J connectivity index is 1.79. The van der Waals surface area contributed by atoms with Crippen molar-refractivity contribution in [1.29, 1.82) is 0 Å². The maximum atomic E-state index is 12.8. The number of nitrogens with zero attached hydrogens (tertiary/aromatic N) is 3. The van der Waals surface area contributed by atoms with E-state index >= 15 is 0 Å². The Labute approximate surface area is 177 Å². The van der Waals surface area contributed by atoms with Crippen molar-refractivity contribution in [3.8, 4) is 11.4 Å². The summed E-state index contributed by atoms with van der Waals surface area (Å²) in [6.45, 7) is 2.60. The summed E-state index contributed by atoms with van der Waals surface area (Å²) in [5.41, 5.74) is 8.08. The highest BCUT2D eigenvalue weighted by Gasteiger charge is 2.31. The van der Waals surface area contributed by atoms with Crippen LogP contribution in [-0.2, 0) is 16.4 Å². The molecule has 1 aromatic heterocycles. The molecule has 0 bridgehead atoms. The van der Waals surface area contributed by atoms with Crippen molar-refractivity contribution in [3.63, 3.8) is 0 Å². The van der Waals surface area contributed by atoms with Gasteiger partial charge >= 0.3 is 0 Å². The average molecular weight is 434 g/mol. The lowest BCUT2D eigenvalue weighted by Crippen LogP contribution is -2.29. The molecule has 1 aliphatic carbocycles. The predicted molar refractivity (Wildman–Crippen MR) is 114 cm³/mol. The summed E-state index contributed by atoms with van der Waals surface area (Å²) in [6.07, 6.45) is 6.72. The van der Waals surface area contributed by atoms with Gasteiger partial charge in [-0.1, -0.05) is 12.1 Å². The first-order chi connectivity index (χ1) is 14.5. The Hall–Kier alpha value is -1.88. The van der Waals surface area contributed by atoms with Gasteiger partial charge in [0, 0.05) is 5.56 Å². The van der Waals surface area contributed by atoms with E-state index < -0.39 is 10.0 Å². The molecule has 2 aliphatic rings. The second-order valence-electron chi connectivity index (χ2n) is 8.65. The third-order valence-corrected chi connectivity index (χ3v) is 7.75. The van der Waals surface area contributed by atoms with Gasteiger partial charge in [0.15, 0.2) is 0 Å². The number of aromatic nitrogens is 4. The molecule has 1 saturated carbocycles. The zero-order chi connectivity index (χ0) is 21.1. The standard InChI is InChI=1S/C20H31N7O2S/c21-12-14-1-3-15(4-2-14)17-6-5-16(11-13-7-9-23-10-8-13)19(30(22,28)29)18(17)20-24-26-27-25-20/h5-6,13-15,23H,1-4,7-12,21H2,(H2,22,28,29)(H,24,25,26,27). The third-order valence-electron chi connectivity index (χ3n) is 6.71. The number of sulfonamides is 1. The van der Waals surface area contributed by atoms with E-state index in [0.29, 0.717) is 36.2 Å². The van der Waals surface area contributed by atoms with E-state index in [-0.39, 0.29) is 10.8 Å². The van der Waals surface area contributed by atoms with E-state index in [1.165, 1.54) is 0 Å². The highest BCUT2D eigenvalue weighted by molar-refractivity contribution is 7.89. The zero-order valence-electron chi connectivity index (χ0n) is 17.2. The Morgan fingerprint density at radius 2 is 1.77 bits per heavy atom. The highest BCUT2D eigenvalue weighted by Crippen LogP contribution is 2.42. The van der Waals surface area contributed by atoms with E-state index in [9.17, 15) is 8.42 Å². The zero-order valence-corrected chi connectivity index (χ0v) is 18.0. The quantitative estimate of drug-likeness (QED) is 0.535. The van der Waals surface area contributed by atoms with Crippen LogP contribution in [0.2, 0.25) is 0 Å². The lowest BCUT2D eigenvalue weighted by molar-refractivity contribution is 0.332. The van der Waals surface area contributed by atoms with Gasteiger partial charge in [0.2, 0.25) is 15.8 Å². The summed E-state index contributed by atoms with van der Waals surface area (Å²) in [6, 6.07) is 4.01. The monoisotopic (exact) mass is 433 g/mol. The minimum absolute atomic E-state index is 0.167. The van der Waals surface area contributed by atoms with E-state index in [0.717, 1.165) is 62.7 Å². The number of primary sulfonamides is 1. The highest BCUT2D eigenvalue weighted by atomic mass is 32.2. The Kier molecular flexibility index (Phi) is 6.47. The summed E-state index contributed by atoms with van der Waals surface area (Å²) in [5.74, 6) is 1.49. The van der Waals surface area contributed by atoms with Crippen molar-refractivity contribution < 1.29 is 8.42 Å². The van der Waals surface area contributed by atoms with Crippen LogP contribution >= 0.6 is 0 Å². The van der Waals surface area contributed by atoms with E-state index in [1.807, 2.05) is 6.07 Å². The Bertz CT molecular complexity index is 948. The molecule has 1 aliphatic heterocycles. The molecule has 0 radical (unpaired) electrons. The first-order valence-electron chi connectivity index (χ1n) is 10.8. The molecule has 1 aromatic carbocycles. The number of benzene rings is 1. The van der Waals surface area contributed by atoms with Crippen molar-refractivity contribution in [2.45, 2.75) is 55.8 Å². The maximum absolute atomic E-state index is 12.8. The van der Waals surface area contributed by atoms with Crippen LogP contribution in [0.4, 0.5) is 0 Å². The number of nitrogens with one attached hydrogen (secondary N) is 2. The van der Waals surface area contributed by atoms with E-state index in [2.05, 4.69) is 32.0 Å². The fraction of sp³-hybridized carbons (Fsp3) is 0.650. The molecule has 4 rings (SSSR count). The van der Waals surface area contributed by atoms with Crippen LogP contribution in [-0.4, -0.2) is 48.7 Å². The normalized spacial score (nSPS) is 23.5. The van der Waals surface area contributed by atoms with Crippen molar-refractivity contribution >= 4 is 10.0 Å². The number of H-pyrrole nitrogens is 1. The van der Waals surface area contributed by atoms with E-state index in [4.69, 9.17) is 10.9 Å². The average Bonchev–Trinajstić information content (AvgIpc) is 3.28. The van der Waals surface area contributed by atoms with Crippen LogP contribution in [0, 0.1) is 11.8 Å². The van der Waals surface area contributed by atoms with Gasteiger partial charge in [-0.05, 0) is 98.7 Å². The largest absolute Gasteiger partial charge is 0.330 e. The Morgan fingerprint density at radius 3 is 2.37 bits per heavy atom. The summed E-state index contributed by atoms with van der Waals surface area (Å²) < 4.78 is 25.6. The minimum Gasteiger partial charge on any atom is -0.330 e. The van der Waals surface area contributed by atoms with Crippen molar-refractivity contribution in [1.82, 2.24) is 25.9 Å². The van der Waals surface area contributed by atoms with Gasteiger partial charge in [-0.15, -0.1) is 10.2 Å². The van der Waals surface area contributed by atoms with Crippen molar-refractivity contribution in [3.05, 3.63) is 23.3 Å². The second kappa shape index (κ2) is 9.09. The van der Waals surface area contributed by atoms with Gasteiger partial charge in [-0.25, -0.2) is 13.6 Å². The van der Waals surface area contributed by atoms with Gasteiger partial charge in [-0.3, -0.25) is 0 Å². The van der Waals surface area contributed by atoms with Gasteiger partial charge in [0.05, 0.1) is 4.90 Å². The molecule has 10 heteroatoms. The topological polar surface area (TPSA) is 153 Å².